The van der Waals surface area contributed by atoms with Crippen molar-refractivity contribution in [2.75, 3.05) is 0 Å². The fraction of sp³-hybridized carbons (Fsp3) is 0.533. The quantitative estimate of drug-likeness (QED) is 0.259. The molecule has 0 fully saturated rings. The van der Waals surface area contributed by atoms with Crippen molar-refractivity contribution in [1.82, 2.24) is 0 Å². The summed E-state index contributed by atoms with van der Waals surface area (Å²) in [5.74, 6) is -3.71. The molecule has 23 heavy (non-hydrogen) atoms. The van der Waals surface area contributed by atoms with Crippen LogP contribution in [0.1, 0.15) is 46.0 Å². The van der Waals surface area contributed by atoms with E-state index < -0.39 is 48.6 Å². The maximum absolute atomic E-state index is 11.5. The van der Waals surface area contributed by atoms with Gasteiger partial charge < -0.3 is 14.6 Å². The standard InChI is InChI=1S/C15H20O8/c1-9(15(20)21)5-4-6-14(22-12(18)7-10(2)16)23-13(19)8-11(3)17/h14H,1,4-8H2,2-3H3,(H,20,21). The van der Waals surface area contributed by atoms with Crippen LogP contribution in [0.5, 0.6) is 0 Å². The summed E-state index contributed by atoms with van der Waals surface area (Å²) >= 11 is 0. The van der Waals surface area contributed by atoms with Gasteiger partial charge in [0.1, 0.15) is 24.4 Å². The number of carbonyl (C=O) groups excluding carboxylic acids is 4. The topological polar surface area (TPSA) is 124 Å². The van der Waals surface area contributed by atoms with Gasteiger partial charge in [-0.3, -0.25) is 19.2 Å². The molecule has 0 aliphatic carbocycles. The van der Waals surface area contributed by atoms with Gasteiger partial charge in [0.05, 0.1) is 0 Å². The highest BCUT2D eigenvalue weighted by Gasteiger charge is 2.21. The van der Waals surface area contributed by atoms with E-state index in [9.17, 15) is 24.0 Å². The van der Waals surface area contributed by atoms with Crippen LogP contribution in [0.2, 0.25) is 0 Å². The monoisotopic (exact) mass is 328 g/mol. The second-order valence-electron chi connectivity index (χ2n) is 4.97. The summed E-state index contributed by atoms with van der Waals surface area (Å²) in [5.41, 5.74) is -0.0334. The number of rotatable bonds is 11. The lowest BCUT2D eigenvalue weighted by Gasteiger charge is -2.18. The number of carboxylic acids is 1. The minimum atomic E-state index is -1.28. The van der Waals surface area contributed by atoms with Crippen molar-refractivity contribution in [3.05, 3.63) is 12.2 Å². The summed E-state index contributed by atoms with van der Waals surface area (Å²) < 4.78 is 9.73. The van der Waals surface area contributed by atoms with Crippen molar-refractivity contribution in [2.45, 2.75) is 52.2 Å². The van der Waals surface area contributed by atoms with Crippen molar-refractivity contribution in [2.24, 2.45) is 0 Å². The summed E-state index contributed by atoms with van der Waals surface area (Å²) in [6.07, 6.45) is -1.85. The van der Waals surface area contributed by atoms with Crippen molar-refractivity contribution >= 4 is 29.5 Å². The molecular formula is C15H20O8. The van der Waals surface area contributed by atoms with E-state index >= 15 is 0 Å². The summed E-state index contributed by atoms with van der Waals surface area (Å²) in [4.78, 5) is 55.3. The molecule has 8 nitrogen and oxygen atoms in total. The molecule has 8 heteroatoms. The van der Waals surface area contributed by atoms with E-state index in [0.29, 0.717) is 0 Å². The maximum Gasteiger partial charge on any atom is 0.330 e. The van der Waals surface area contributed by atoms with Crippen LogP contribution < -0.4 is 0 Å². The smallest absolute Gasteiger partial charge is 0.330 e. The molecule has 1 N–H and O–H groups in total. The Morgan fingerprint density at radius 1 is 0.957 bits per heavy atom. The lowest BCUT2D eigenvalue weighted by atomic mass is 10.1. The van der Waals surface area contributed by atoms with Gasteiger partial charge in [0.25, 0.3) is 0 Å². The zero-order chi connectivity index (χ0) is 18.0. The highest BCUT2D eigenvalue weighted by molar-refractivity contribution is 5.95. The maximum atomic E-state index is 11.5. The highest BCUT2D eigenvalue weighted by atomic mass is 16.7. The van der Waals surface area contributed by atoms with Crippen molar-refractivity contribution < 1.29 is 38.6 Å². The third-order valence-electron chi connectivity index (χ3n) is 2.53. The van der Waals surface area contributed by atoms with Gasteiger partial charge >= 0.3 is 17.9 Å². The molecule has 0 aromatic heterocycles. The average Bonchev–Trinajstić information content (AvgIpc) is 2.35. The Balaban J connectivity index is 4.59. The molecule has 128 valence electrons. The van der Waals surface area contributed by atoms with E-state index in [2.05, 4.69) is 6.58 Å². The lowest BCUT2D eigenvalue weighted by molar-refractivity contribution is -0.188. The van der Waals surface area contributed by atoms with E-state index in [-0.39, 0.29) is 24.8 Å². The van der Waals surface area contributed by atoms with Crippen molar-refractivity contribution in [1.29, 1.82) is 0 Å². The van der Waals surface area contributed by atoms with E-state index in [1.165, 1.54) is 13.8 Å². The summed E-state index contributed by atoms with van der Waals surface area (Å²) in [7, 11) is 0. The number of ether oxygens (including phenoxy) is 2. The minimum Gasteiger partial charge on any atom is -0.478 e. The first kappa shape index (κ1) is 20.5. The molecule has 0 atom stereocenters. The van der Waals surface area contributed by atoms with Gasteiger partial charge in [-0.1, -0.05) is 6.58 Å². The molecule has 0 spiro atoms. The largest absolute Gasteiger partial charge is 0.478 e. The van der Waals surface area contributed by atoms with E-state index in [4.69, 9.17) is 14.6 Å². The van der Waals surface area contributed by atoms with Gasteiger partial charge in [-0.05, 0) is 26.7 Å². The fourth-order valence-electron chi connectivity index (χ4n) is 1.51. The van der Waals surface area contributed by atoms with Crippen LogP contribution >= 0.6 is 0 Å². The predicted octanol–water partition coefficient (Wildman–Crippen LogP) is 1.17. The SMILES string of the molecule is C=C(CCCC(OC(=O)CC(C)=O)OC(=O)CC(C)=O)C(=O)O. The molecule has 0 saturated carbocycles. The first-order valence-corrected chi connectivity index (χ1v) is 6.90. The van der Waals surface area contributed by atoms with Crippen LogP contribution in [-0.4, -0.2) is 40.9 Å². The number of hydrogen-bond donors (Lipinski definition) is 1. The second kappa shape index (κ2) is 10.3. The number of carboxylic acid groups (broad SMARTS) is 1. The zero-order valence-electron chi connectivity index (χ0n) is 13.1. The van der Waals surface area contributed by atoms with Crippen molar-refractivity contribution in [3.63, 3.8) is 0 Å². The van der Waals surface area contributed by atoms with Gasteiger partial charge in [-0.15, -0.1) is 0 Å². The number of aliphatic carboxylic acids is 1. The van der Waals surface area contributed by atoms with Crippen LogP contribution in [0, 0.1) is 0 Å². The molecule has 0 aliphatic heterocycles. The number of ketones is 2. The van der Waals surface area contributed by atoms with E-state index in [1.54, 1.807) is 0 Å². The number of esters is 2. The number of carbonyl (C=O) groups is 5. The third-order valence-corrected chi connectivity index (χ3v) is 2.53. The molecule has 0 bridgehead atoms. The Bertz CT molecular complexity index is 476. The normalized spacial score (nSPS) is 10.0. The Morgan fingerprint density at radius 3 is 1.74 bits per heavy atom. The molecule has 0 amide bonds. The Labute approximate surface area is 133 Å². The van der Waals surface area contributed by atoms with Crippen LogP contribution in [-0.2, 0) is 33.4 Å². The number of Topliss-reactive ketones (excluding diaryl/α,β-unsaturated/α-hetero) is 2. The number of hydrogen-bond acceptors (Lipinski definition) is 7. The molecule has 0 aromatic carbocycles. The minimum absolute atomic E-state index is 0.0274. The van der Waals surface area contributed by atoms with Crippen molar-refractivity contribution in [3.8, 4) is 0 Å². The predicted molar refractivity (Wildman–Crippen MR) is 77.2 cm³/mol. The van der Waals surface area contributed by atoms with Gasteiger partial charge in [-0.2, -0.15) is 0 Å². The third kappa shape index (κ3) is 10.8. The van der Waals surface area contributed by atoms with Gasteiger partial charge in [0.2, 0.25) is 6.29 Å². The molecule has 0 unspecified atom stereocenters. The highest BCUT2D eigenvalue weighted by Crippen LogP contribution is 2.13. The average molecular weight is 328 g/mol. The van der Waals surface area contributed by atoms with Crippen LogP contribution in [0.3, 0.4) is 0 Å². The van der Waals surface area contributed by atoms with E-state index in [0.717, 1.165) is 0 Å². The van der Waals surface area contributed by atoms with Gasteiger partial charge in [0, 0.05) is 12.0 Å². The lowest BCUT2D eigenvalue weighted by Crippen LogP contribution is -2.26. The Hall–Kier alpha value is -2.51. The molecule has 0 aliphatic rings. The molecule has 0 rings (SSSR count). The second-order valence-corrected chi connectivity index (χ2v) is 4.97. The first-order chi connectivity index (χ1) is 10.6. The Kier molecular flexibility index (Phi) is 9.14. The van der Waals surface area contributed by atoms with Crippen LogP contribution in [0.15, 0.2) is 12.2 Å². The molecular weight excluding hydrogens is 308 g/mol. The van der Waals surface area contributed by atoms with Crippen LogP contribution in [0.4, 0.5) is 0 Å². The van der Waals surface area contributed by atoms with Crippen LogP contribution in [0.25, 0.3) is 0 Å². The van der Waals surface area contributed by atoms with E-state index in [1.807, 2.05) is 0 Å². The molecule has 0 aromatic rings. The Morgan fingerprint density at radius 2 is 1.39 bits per heavy atom. The summed E-state index contributed by atoms with van der Waals surface area (Å²) in [6, 6.07) is 0. The van der Waals surface area contributed by atoms with Gasteiger partial charge in [-0.25, -0.2) is 4.79 Å². The summed E-state index contributed by atoms with van der Waals surface area (Å²) in [5, 5.41) is 8.69. The molecule has 0 heterocycles. The molecule has 0 radical (unpaired) electrons. The molecule has 0 saturated heterocycles. The first-order valence-electron chi connectivity index (χ1n) is 6.90. The fourth-order valence-corrected chi connectivity index (χ4v) is 1.51. The zero-order valence-corrected chi connectivity index (χ0v) is 13.1. The summed E-state index contributed by atoms with van der Waals surface area (Å²) in [6.45, 7) is 5.75. The van der Waals surface area contributed by atoms with Gasteiger partial charge in [0.15, 0.2) is 0 Å².